The summed E-state index contributed by atoms with van der Waals surface area (Å²) in [4.78, 5) is 14.2. The van der Waals surface area contributed by atoms with Crippen LogP contribution in [0.15, 0.2) is 27.9 Å². The molecule has 2 aromatic rings. The zero-order chi connectivity index (χ0) is 14.8. The fourth-order valence-electron chi connectivity index (χ4n) is 1.43. The van der Waals surface area contributed by atoms with E-state index in [9.17, 15) is 13.2 Å². The van der Waals surface area contributed by atoms with Crippen molar-refractivity contribution >= 4 is 16.0 Å². The number of rotatable bonds is 6. The monoisotopic (exact) mass is 300 g/mol. The summed E-state index contributed by atoms with van der Waals surface area (Å²) in [6, 6.07) is 0. The van der Waals surface area contributed by atoms with Crippen molar-refractivity contribution in [3.63, 3.8) is 0 Å². The molecule has 2 aromatic heterocycles. The number of nitrogens with zero attached hydrogens (tertiary/aromatic N) is 3. The van der Waals surface area contributed by atoms with Crippen molar-refractivity contribution in [2.24, 2.45) is 0 Å². The van der Waals surface area contributed by atoms with Crippen molar-refractivity contribution in [1.82, 2.24) is 19.5 Å². The van der Waals surface area contributed by atoms with Crippen LogP contribution in [0.25, 0.3) is 0 Å². The minimum absolute atomic E-state index is 0.0969. The van der Waals surface area contributed by atoms with Crippen molar-refractivity contribution < 1.29 is 22.7 Å². The van der Waals surface area contributed by atoms with E-state index in [1.807, 2.05) is 0 Å². The van der Waals surface area contributed by atoms with E-state index < -0.39 is 22.5 Å². The van der Waals surface area contributed by atoms with Crippen LogP contribution in [0, 0.1) is 6.92 Å². The normalized spacial score (nSPS) is 11.7. The first-order valence-corrected chi connectivity index (χ1v) is 7.00. The van der Waals surface area contributed by atoms with Gasteiger partial charge in [-0.3, -0.25) is 9.48 Å². The molecule has 0 saturated carbocycles. The van der Waals surface area contributed by atoms with Gasteiger partial charge in [0.15, 0.2) is 0 Å². The molecule has 0 spiro atoms. The first-order chi connectivity index (χ1) is 9.37. The smallest absolute Gasteiger partial charge is 0.325 e. The Balaban J connectivity index is 2.06. The van der Waals surface area contributed by atoms with E-state index in [-0.39, 0.29) is 17.3 Å². The summed E-state index contributed by atoms with van der Waals surface area (Å²) in [6.45, 7) is 1.19. The molecule has 2 rings (SSSR count). The summed E-state index contributed by atoms with van der Waals surface area (Å²) in [5, 5.41) is 12.2. The molecule has 0 aromatic carbocycles. The van der Waals surface area contributed by atoms with Crippen LogP contribution in [-0.2, 0) is 27.9 Å². The van der Waals surface area contributed by atoms with Gasteiger partial charge in [0.2, 0.25) is 15.9 Å². The molecule has 0 aliphatic heterocycles. The number of carboxylic acid groups (broad SMARTS) is 1. The quantitative estimate of drug-likeness (QED) is 0.752. The Kier molecular flexibility index (Phi) is 3.86. The van der Waals surface area contributed by atoms with Crippen LogP contribution in [0.2, 0.25) is 0 Å². The van der Waals surface area contributed by atoms with Crippen LogP contribution >= 0.6 is 0 Å². The summed E-state index contributed by atoms with van der Waals surface area (Å²) in [5.74, 6) is -0.294. The molecule has 0 aliphatic rings. The highest BCUT2D eigenvalue weighted by Crippen LogP contribution is 2.08. The van der Waals surface area contributed by atoms with E-state index in [2.05, 4.69) is 14.8 Å². The maximum Gasteiger partial charge on any atom is 0.325 e. The van der Waals surface area contributed by atoms with E-state index in [0.29, 0.717) is 5.76 Å². The Morgan fingerprint density at radius 1 is 1.50 bits per heavy atom. The Morgan fingerprint density at radius 3 is 2.85 bits per heavy atom. The van der Waals surface area contributed by atoms with E-state index >= 15 is 0 Å². The van der Waals surface area contributed by atoms with Gasteiger partial charge in [0.1, 0.15) is 17.2 Å². The van der Waals surface area contributed by atoms with Gasteiger partial charge in [0, 0.05) is 6.20 Å². The maximum absolute atomic E-state index is 11.9. The van der Waals surface area contributed by atoms with Gasteiger partial charge >= 0.3 is 5.97 Å². The first kappa shape index (κ1) is 14.2. The molecule has 0 radical (unpaired) electrons. The summed E-state index contributed by atoms with van der Waals surface area (Å²) in [6.07, 6.45) is 3.69. The van der Waals surface area contributed by atoms with Gasteiger partial charge in [0.05, 0.1) is 18.9 Å². The molecule has 0 bridgehead atoms. The molecule has 0 atom stereocenters. The van der Waals surface area contributed by atoms with E-state index in [1.54, 1.807) is 6.92 Å². The number of hydrogen-bond donors (Lipinski definition) is 2. The molecule has 0 saturated heterocycles. The van der Waals surface area contributed by atoms with Crippen LogP contribution in [0.1, 0.15) is 11.7 Å². The zero-order valence-electron chi connectivity index (χ0n) is 10.5. The average Bonchev–Trinajstić information content (AvgIpc) is 2.95. The average molecular weight is 300 g/mol. The van der Waals surface area contributed by atoms with Crippen LogP contribution in [0.5, 0.6) is 0 Å². The topological polar surface area (TPSA) is 127 Å². The number of aromatic nitrogens is 3. The van der Waals surface area contributed by atoms with Crippen molar-refractivity contribution in [2.45, 2.75) is 24.9 Å². The fourth-order valence-corrected chi connectivity index (χ4v) is 2.36. The predicted octanol–water partition coefficient (Wildman–Crippen LogP) is -0.257. The minimum atomic E-state index is -3.79. The molecule has 0 fully saturated rings. The number of aliphatic carboxylic acids is 1. The Morgan fingerprint density at radius 2 is 2.25 bits per heavy atom. The number of nitrogens with one attached hydrogen (secondary N) is 1. The third-order valence-electron chi connectivity index (χ3n) is 2.30. The highest BCUT2D eigenvalue weighted by atomic mass is 32.2. The van der Waals surface area contributed by atoms with Crippen LogP contribution < -0.4 is 4.72 Å². The van der Waals surface area contributed by atoms with Gasteiger partial charge in [-0.15, -0.1) is 0 Å². The maximum atomic E-state index is 11.9. The summed E-state index contributed by atoms with van der Waals surface area (Å²) >= 11 is 0. The first-order valence-electron chi connectivity index (χ1n) is 5.52. The van der Waals surface area contributed by atoms with Gasteiger partial charge in [0.25, 0.3) is 0 Å². The Labute approximate surface area is 114 Å². The predicted molar refractivity (Wildman–Crippen MR) is 65.1 cm³/mol. The largest absolute Gasteiger partial charge is 0.480 e. The Hall–Kier alpha value is -2.20. The Bertz CT molecular complexity index is 718. The van der Waals surface area contributed by atoms with Gasteiger partial charge < -0.3 is 9.52 Å². The van der Waals surface area contributed by atoms with Gasteiger partial charge in [-0.2, -0.15) is 5.10 Å². The van der Waals surface area contributed by atoms with Crippen LogP contribution in [-0.4, -0.2) is 34.3 Å². The number of hydrogen-bond acceptors (Lipinski definition) is 6. The SMILES string of the molecule is Cc1cnc(CNS(=O)(=O)c2cnn(CC(=O)O)c2)o1. The molecular weight excluding hydrogens is 288 g/mol. The van der Waals surface area contributed by atoms with E-state index in [1.165, 1.54) is 6.20 Å². The molecular formula is C10H12N4O5S. The molecule has 20 heavy (non-hydrogen) atoms. The lowest BCUT2D eigenvalue weighted by Crippen LogP contribution is -2.23. The summed E-state index contributed by atoms with van der Waals surface area (Å²) in [7, 11) is -3.79. The number of carbonyl (C=O) groups is 1. The van der Waals surface area contributed by atoms with Crippen LogP contribution in [0.3, 0.4) is 0 Å². The summed E-state index contributed by atoms with van der Waals surface area (Å²) < 4.78 is 32.3. The second-order valence-electron chi connectivity index (χ2n) is 3.96. The van der Waals surface area contributed by atoms with Crippen LogP contribution in [0.4, 0.5) is 0 Å². The third-order valence-corrected chi connectivity index (χ3v) is 3.66. The number of carboxylic acids is 1. The molecule has 2 N–H and O–H groups in total. The highest BCUT2D eigenvalue weighted by Gasteiger charge is 2.17. The van der Waals surface area contributed by atoms with Gasteiger partial charge in [-0.25, -0.2) is 18.1 Å². The molecule has 10 heteroatoms. The molecule has 0 aliphatic carbocycles. The number of aryl methyl sites for hydroxylation is 1. The van der Waals surface area contributed by atoms with E-state index in [4.69, 9.17) is 9.52 Å². The second kappa shape index (κ2) is 5.43. The third kappa shape index (κ3) is 3.42. The lowest BCUT2D eigenvalue weighted by Gasteiger charge is -2.01. The zero-order valence-corrected chi connectivity index (χ0v) is 11.3. The standard InChI is InChI=1S/C10H12N4O5S/c1-7-2-11-9(19-7)4-13-20(17,18)8-3-12-14(5-8)6-10(15)16/h2-3,5,13H,4,6H2,1H3,(H,15,16). The molecule has 0 unspecified atom stereocenters. The van der Waals surface area contributed by atoms with Crippen molar-refractivity contribution in [3.8, 4) is 0 Å². The molecule has 108 valence electrons. The van der Waals surface area contributed by atoms with Crippen molar-refractivity contribution in [3.05, 3.63) is 30.2 Å². The van der Waals surface area contributed by atoms with Gasteiger partial charge in [-0.1, -0.05) is 0 Å². The second-order valence-corrected chi connectivity index (χ2v) is 5.72. The van der Waals surface area contributed by atoms with Crippen molar-refractivity contribution in [1.29, 1.82) is 0 Å². The van der Waals surface area contributed by atoms with Crippen molar-refractivity contribution in [2.75, 3.05) is 0 Å². The summed E-state index contributed by atoms with van der Waals surface area (Å²) in [5.41, 5.74) is 0. The number of sulfonamides is 1. The molecule has 2 heterocycles. The molecule has 9 nitrogen and oxygen atoms in total. The van der Waals surface area contributed by atoms with E-state index in [0.717, 1.165) is 17.1 Å². The lowest BCUT2D eigenvalue weighted by atomic mass is 10.6. The van der Waals surface area contributed by atoms with Gasteiger partial charge in [-0.05, 0) is 6.92 Å². The minimum Gasteiger partial charge on any atom is -0.480 e. The molecule has 0 amide bonds. The highest BCUT2D eigenvalue weighted by molar-refractivity contribution is 7.89. The lowest BCUT2D eigenvalue weighted by molar-refractivity contribution is -0.137. The fraction of sp³-hybridized carbons (Fsp3) is 0.300. The number of oxazole rings is 1.